The molecule has 0 aliphatic carbocycles. The van der Waals surface area contributed by atoms with Gasteiger partial charge in [-0.2, -0.15) is 4.98 Å². The van der Waals surface area contributed by atoms with E-state index in [2.05, 4.69) is 21.1 Å². The topological polar surface area (TPSA) is 80.9 Å². The zero-order chi connectivity index (χ0) is 20.5. The van der Waals surface area contributed by atoms with Crippen LogP contribution in [0.15, 0.2) is 22.7 Å². The Morgan fingerprint density at radius 1 is 1.10 bits per heavy atom. The number of fused-ring (bicyclic) bond motifs is 1. The Balaban J connectivity index is 1.20. The lowest BCUT2D eigenvalue weighted by atomic mass is 9.96. The SMILES string of the molecule is Cc1nc(C2CCN(CC(=O)N3CCCC3c3ccc4c(c3)OCCO4)CC2)no1. The predicted molar refractivity (Wildman–Crippen MR) is 109 cm³/mol. The standard InChI is InChI=1S/C22H28N4O4/c1-15-23-22(24-30-15)16-6-9-25(10-7-16)14-21(27)26-8-2-3-18(26)17-4-5-19-20(13-17)29-12-11-28-19/h4-5,13,16,18H,2-3,6-12,14H2,1H3. The van der Waals surface area contributed by atoms with Crippen LogP contribution in [0.4, 0.5) is 0 Å². The van der Waals surface area contributed by atoms with Gasteiger partial charge in [0, 0.05) is 19.4 Å². The van der Waals surface area contributed by atoms with E-state index >= 15 is 0 Å². The molecule has 1 aromatic carbocycles. The summed E-state index contributed by atoms with van der Waals surface area (Å²) in [6.07, 6.45) is 3.93. The van der Waals surface area contributed by atoms with Gasteiger partial charge in [-0.3, -0.25) is 9.69 Å². The van der Waals surface area contributed by atoms with Crippen LogP contribution in [0.3, 0.4) is 0 Å². The van der Waals surface area contributed by atoms with E-state index in [1.807, 2.05) is 24.0 Å². The number of aromatic nitrogens is 2. The molecule has 0 spiro atoms. The van der Waals surface area contributed by atoms with Crippen molar-refractivity contribution in [1.29, 1.82) is 0 Å². The van der Waals surface area contributed by atoms with Crippen molar-refractivity contribution in [2.45, 2.75) is 44.6 Å². The summed E-state index contributed by atoms with van der Waals surface area (Å²) in [5.74, 6) is 3.53. The summed E-state index contributed by atoms with van der Waals surface area (Å²) >= 11 is 0. The number of aryl methyl sites for hydroxylation is 1. The van der Waals surface area contributed by atoms with Crippen molar-refractivity contribution >= 4 is 5.91 Å². The lowest BCUT2D eigenvalue weighted by Crippen LogP contribution is -2.43. The van der Waals surface area contributed by atoms with Crippen LogP contribution in [0, 0.1) is 6.92 Å². The normalized spacial score (nSPS) is 22.4. The lowest BCUT2D eigenvalue weighted by Gasteiger charge is -2.33. The molecule has 5 rings (SSSR count). The van der Waals surface area contributed by atoms with E-state index in [0.29, 0.717) is 31.6 Å². The van der Waals surface area contributed by atoms with Crippen LogP contribution in [0.1, 0.15) is 54.9 Å². The number of piperidine rings is 1. The fourth-order valence-corrected chi connectivity index (χ4v) is 4.79. The molecule has 1 aromatic heterocycles. The van der Waals surface area contributed by atoms with Crippen LogP contribution in [-0.4, -0.2) is 65.2 Å². The van der Waals surface area contributed by atoms with Crippen molar-refractivity contribution in [1.82, 2.24) is 19.9 Å². The largest absolute Gasteiger partial charge is 0.486 e. The Bertz CT molecular complexity index is 906. The van der Waals surface area contributed by atoms with E-state index in [0.717, 1.165) is 68.2 Å². The van der Waals surface area contributed by atoms with E-state index < -0.39 is 0 Å². The highest BCUT2D eigenvalue weighted by Gasteiger charge is 2.33. The smallest absolute Gasteiger partial charge is 0.237 e. The van der Waals surface area contributed by atoms with E-state index in [1.165, 1.54) is 0 Å². The molecule has 3 aliphatic rings. The van der Waals surface area contributed by atoms with Gasteiger partial charge >= 0.3 is 0 Å². The molecule has 8 nitrogen and oxygen atoms in total. The molecule has 1 atom stereocenters. The Kier molecular flexibility index (Phi) is 5.33. The fourth-order valence-electron chi connectivity index (χ4n) is 4.79. The molecule has 2 saturated heterocycles. The Labute approximate surface area is 176 Å². The third kappa shape index (κ3) is 3.88. The van der Waals surface area contributed by atoms with Crippen LogP contribution in [0.5, 0.6) is 11.5 Å². The van der Waals surface area contributed by atoms with E-state index in [9.17, 15) is 4.79 Å². The Morgan fingerprint density at radius 2 is 1.90 bits per heavy atom. The summed E-state index contributed by atoms with van der Waals surface area (Å²) in [7, 11) is 0. The molecule has 1 unspecified atom stereocenters. The molecule has 3 aliphatic heterocycles. The van der Waals surface area contributed by atoms with Crippen LogP contribution >= 0.6 is 0 Å². The molecule has 160 valence electrons. The van der Waals surface area contributed by atoms with E-state index in [4.69, 9.17) is 14.0 Å². The first-order valence-electron chi connectivity index (χ1n) is 10.9. The first kappa shape index (κ1) is 19.4. The number of benzene rings is 1. The van der Waals surface area contributed by atoms with Crippen molar-refractivity contribution < 1.29 is 18.8 Å². The first-order chi connectivity index (χ1) is 14.7. The van der Waals surface area contributed by atoms with Gasteiger partial charge in [-0.05, 0) is 56.5 Å². The third-order valence-corrected chi connectivity index (χ3v) is 6.38. The molecule has 2 aromatic rings. The fraction of sp³-hybridized carbons (Fsp3) is 0.591. The predicted octanol–water partition coefficient (Wildman–Crippen LogP) is 2.69. The van der Waals surface area contributed by atoms with E-state index in [-0.39, 0.29) is 11.9 Å². The van der Waals surface area contributed by atoms with Gasteiger partial charge in [0.1, 0.15) is 13.2 Å². The van der Waals surface area contributed by atoms with Crippen molar-refractivity contribution in [2.75, 3.05) is 39.4 Å². The number of rotatable bonds is 4. The molecule has 4 heterocycles. The summed E-state index contributed by atoms with van der Waals surface area (Å²) in [6.45, 7) is 6.03. The van der Waals surface area contributed by atoms with E-state index in [1.54, 1.807) is 0 Å². The van der Waals surface area contributed by atoms with Crippen molar-refractivity contribution in [3.63, 3.8) is 0 Å². The van der Waals surface area contributed by atoms with Crippen LogP contribution in [0.25, 0.3) is 0 Å². The molecular weight excluding hydrogens is 384 g/mol. The monoisotopic (exact) mass is 412 g/mol. The van der Waals surface area contributed by atoms with Gasteiger partial charge in [-0.25, -0.2) is 0 Å². The second kappa shape index (κ2) is 8.26. The summed E-state index contributed by atoms with van der Waals surface area (Å²) in [4.78, 5) is 21.8. The number of hydrogen-bond acceptors (Lipinski definition) is 7. The molecule has 0 radical (unpaired) electrons. The molecule has 0 N–H and O–H groups in total. The van der Waals surface area contributed by atoms with Crippen molar-refractivity contribution in [3.05, 3.63) is 35.5 Å². The average Bonchev–Trinajstić information content (AvgIpc) is 3.43. The minimum atomic E-state index is 0.119. The third-order valence-electron chi connectivity index (χ3n) is 6.38. The van der Waals surface area contributed by atoms with Gasteiger partial charge in [0.2, 0.25) is 11.8 Å². The highest BCUT2D eigenvalue weighted by molar-refractivity contribution is 5.79. The van der Waals surface area contributed by atoms with Crippen LogP contribution in [0.2, 0.25) is 0 Å². The zero-order valence-corrected chi connectivity index (χ0v) is 17.4. The number of amides is 1. The van der Waals surface area contributed by atoms with Gasteiger partial charge in [0.25, 0.3) is 0 Å². The summed E-state index contributed by atoms with van der Waals surface area (Å²) in [5, 5.41) is 4.06. The zero-order valence-electron chi connectivity index (χ0n) is 17.4. The molecule has 1 amide bonds. The minimum absolute atomic E-state index is 0.119. The maximum atomic E-state index is 13.1. The maximum absolute atomic E-state index is 13.1. The number of likely N-dealkylation sites (tertiary alicyclic amines) is 2. The van der Waals surface area contributed by atoms with Crippen LogP contribution in [-0.2, 0) is 4.79 Å². The van der Waals surface area contributed by atoms with Crippen molar-refractivity contribution in [2.24, 2.45) is 0 Å². The molecule has 2 fully saturated rings. The summed E-state index contributed by atoms with van der Waals surface area (Å²) in [6, 6.07) is 6.20. The summed E-state index contributed by atoms with van der Waals surface area (Å²) < 4.78 is 16.5. The quantitative estimate of drug-likeness (QED) is 0.764. The highest BCUT2D eigenvalue weighted by atomic mass is 16.6. The number of hydrogen-bond donors (Lipinski definition) is 0. The Hall–Kier alpha value is -2.61. The van der Waals surface area contributed by atoms with Gasteiger partial charge in [0.15, 0.2) is 17.3 Å². The van der Waals surface area contributed by atoms with Crippen LogP contribution < -0.4 is 9.47 Å². The minimum Gasteiger partial charge on any atom is -0.486 e. The summed E-state index contributed by atoms with van der Waals surface area (Å²) in [5.41, 5.74) is 1.14. The van der Waals surface area contributed by atoms with Gasteiger partial charge in [-0.1, -0.05) is 11.2 Å². The molecular formula is C22H28N4O4. The highest BCUT2D eigenvalue weighted by Crippen LogP contribution is 2.38. The van der Waals surface area contributed by atoms with Crippen molar-refractivity contribution in [3.8, 4) is 11.5 Å². The number of carbonyl (C=O) groups is 1. The first-order valence-corrected chi connectivity index (χ1v) is 10.9. The number of ether oxygens (including phenoxy) is 2. The molecule has 30 heavy (non-hydrogen) atoms. The molecule has 8 heteroatoms. The van der Waals surface area contributed by atoms with Gasteiger partial charge in [0.05, 0.1) is 12.6 Å². The van der Waals surface area contributed by atoms with Gasteiger partial charge in [-0.15, -0.1) is 0 Å². The Morgan fingerprint density at radius 3 is 2.67 bits per heavy atom. The number of carbonyl (C=O) groups excluding carboxylic acids is 1. The molecule has 0 bridgehead atoms. The molecule has 0 saturated carbocycles. The average molecular weight is 412 g/mol. The second-order valence-corrected chi connectivity index (χ2v) is 8.37. The second-order valence-electron chi connectivity index (χ2n) is 8.37. The van der Waals surface area contributed by atoms with Gasteiger partial charge < -0.3 is 18.9 Å². The maximum Gasteiger partial charge on any atom is 0.237 e. The number of nitrogens with zero attached hydrogens (tertiary/aromatic N) is 4. The lowest BCUT2D eigenvalue weighted by molar-refractivity contribution is -0.133.